The molecule has 0 aliphatic rings. The highest BCUT2D eigenvalue weighted by Gasteiger charge is 2.22. The predicted molar refractivity (Wildman–Crippen MR) is 94.7 cm³/mol. The van der Waals surface area contributed by atoms with Crippen LogP contribution in [0.15, 0.2) is 59.1 Å². The Morgan fingerprint density at radius 2 is 1.73 bits per heavy atom. The molecule has 22 heavy (non-hydrogen) atoms. The van der Waals surface area contributed by atoms with Crippen LogP contribution in [0, 0.1) is 0 Å². The van der Waals surface area contributed by atoms with Crippen LogP contribution in [-0.2, 0) is 11.3 Å². The van der Waals surface area contributed by atoms with E-state index in [1.54, 1.807) is 0 Å². The molecule has 1 amide bonds. The SMILES string of the molecule is CCCC(C(=O)N(C)Cc1ccc(Br)cc1)c1ccccc1. The van der Waals surface area contributed by atoms with Crippen molar-refractivity contribution in [2.45, 2.75) is 32.2 Å². The smallest absolute Gasteiger partial charge is 0.230 e. The highest BCUT2D eigenvalue weighted by molar-refractivity contribution is 9.10. The van der Waals surface area contributed by atoms with Gasteiger partial charge in [-0.05, 0) is 29.7 Å². The van der Waals surface area contributed by atoms with Crippen LogP contribution in [0.4, 0.5) is 0 Å². The van der Waals surface area contributed by atoms with Gasteiger partial charge in [0.25, 0.3) is 0 Å². The average Bonchev–Trinajstić information content (AvgIpc) is 2.55. The standard InChI is InChI=1S/C19H22BrNO/c1-3-7-18(16-8-5-4-6-9-16)19(22)21(2)14-15-10-12-17(20)13-11-15/h4-6,8-13,18H,3,7,14H2,1-2H3. The zero-order valence-electron chi connectivity index (χ0n) is 13.1. The van der Waals surface area contributed by atoms with E-state index < -0.39 is 0 Å². The second-order valence-electron chi connectivity index (χ2n) is 5.57. The maximum Gasteiger partial charge on any atom is 0.230 e. The molecule has 3 heteroatoms. The van der Waals surface area contributed by atoms with Gasteiger partial charge in [-0.2, -0.15) is 0 Å². The number of hydrogen-bond donors (Lipinski definition) is 0. The molecule has 1 unspecified atom stereocenters. The van der Waals surface area contributed by atoms with E-state index in [0.29, 0.717) is 6.54 Å². The van der Waals surface area contributed by atoms with Crippen LogP contribution < -0.4 is 0 Å². The molecule has 0 aliphatic carbocycles. The lowest BCUT2D eigenvalue weighted by atomic mass is 9.93. The van der Waals surface area contributed by atoms with Gasteiger partial charge in [0.1, 0.15) is 0 Å². The molecule has 2 aromatic rings. The fourth-order valence-electron chi connectivity index (χ4n) is 2.61. The molecule has 0 aromatic heterocycles. The third-order valence-corrected chi connectivity index (χ3v) is 4.32. The summed E-state index contributed by atoms with van der Waals surface area (Å²) in [5.74, 6) is 0.141. The second kappa shape index (κ2) is 8.14. The van der Waals surface area contributed by atoms with Gasteiger partial charge in [-0.3, -0.25) is 4.79 Å². The zero-order valence-corrected chi connectivity index (χ0v) is 14.7. The van der Waals surface area contributed by atoms with Gasteiger partial charge in [0.15, 0.2) is 0 Å². The first-order valence-corrected chi connectivity index (χ1v) is 8.45. The first-order chi connectivity index (χ1) is 10.6. The molecule has 116 valence electrons. The summed E-state index contributed by atoms with van der Waals surface area (Å²) in [5, 5.41) is 0. The summed E-state index contributed by atoms with van der Waals surface area (Å²) in [4.78, 5) is 14.7. The monoisotopic (exact) mass is 359 g/mol. The maximum atomic E-state index is 12.8. The highest BCUT2D eigenvalue weighted by atomic mass is 79.9. The molecule has 0 heterocycles. The maximum absolute atomic E-state index is 12.8. The quantitative estimate of drug-likeness (QED) is 0.711. The van der Waals surface area contributed by atoms with Crippen molar-refractivity contribution in [3.05, 3.63) is 70.2 Å². The number of likely N-dealkylation sites (N-methyl/N-ethyl adjacent to an activating group) is 1. The Kier molecular flexibility index (Phi) is 6.20. The molecule has 0 saturated carbocycles. The van der Waals surface area contributed by atoms with Crippen LogP contribution in [0.1, 0.15) is 36.8 Å². The Labute approximate surface area is 141 Å². The van der Waals surface area contributed by atoms with E-state index in [9.17, 15) is 4.79 Å². The van der Waals surface area contributed by atoms with Gasteiger partial charge in [0.05, 0.1) is 5.92 Å². The summed E-state index contributed by atoms with van der Waals surface area (Å²) < 4.78 is 1.05. The third kappa shape index (κ3) is 4.44. The van der Waals surface area contributed by atoms with Crippen LogP contribution in [0.5, 0.6) is 0 Å². The van der Waals surface area contributed by atoms with Crippen LogP contribution >= 0.6 is 15.9 Å². The Balaban J connectivity index is 2.11. The van der Waals surface area contributed by atoms with E-state index in [1.165, 1.54) is 0 Å². The number of halogens is 1. The normalized spacial score (nSPS) is 12.0. The zero-order chi connectivity index (χ0) is 15.9. The number of nitrogens with zero attached hydrogens (tertiary/aromatic N) is 1. The number of amides is 1. The van der Waals surface area contributed by atoms with E-state index in [1.807, 2.05) is 66.5 Å². The number of benzene rings is 2. The number of rotatable bonds is 6. The molecule has 0 N–H and O–H groups in total. The highest BCUT2D eigenvalue weighted by Crippen LogP contribution is 2.24. The van der Waals surface area contributed by atoms with Crippen molar-refractivity contribution >= 4 is 21.8 Å². The van der Waals surface area contributed by atoms with Gasteiger partial charge < -0.3 is 4.90 Å². The fraction of sp³-hybridized carbons (Fsp3) is 0.316. The topological polar surface area (TPSA) is 20.3 Å². The lowest BCUT2D eigenvalue weighted by Gasteiger charge is -2.24. The first-order valence-electron chi connectivity index (χ1n) is 7.66. The van der Waals surface area contributed by atoms with Crippen molar-refractivity contribution < 1.29 is 4.79 Å². The molecule has 2 aromatic carbocycles. The van der Waals surface area contributed by atoms with Crippen molar-refractivity contribution in [1.29, 1.82) is 0 Å². The van der Waals surface area contributed by atoms with E-state index >= 15 is 0 Å². The molecule has 0 bridgehead atoms. The fourth-order valence-corrected chi connectivity index (χ4v) is 2.88. The molecule has 2 rings (SSSR count). The summed E-state index contributed by atoms with van der Waals surface area (Å²) in [7, 11) is 1.88. The molecule has 0 fully saturated rings. The largest absolute Gasteiger partial charge is 0.341 e. The Morgan fingerprint density at radius 3 is 2.32 bits per heavy atom. The summed E-state index contributed by atoms with van der Waals surface area (Å²) in [5.41, 5.74) is 2.25. The lowest BCUT2D eigenvalue weighted by molar-refractivity contribution is -0.132. The Morgan fingerprint density at radius 1 is 1.09 bits per heavy atom. The van der Waals surface area contributed by atoms with Crippen LogP contribution in [-0.4, -0.2) is 17.9 Å². The molecular formula is C19H22BrNO. The van der Waals surface area contributed by atoms with Crippen LogP contribution in [0.2, 0.25) is 0 Å². The molecule has 0 saturated heterocycles. The number of carbonyl (C=O) groups is 1. The minimum absolute atomic E-state index is 0.0494. The van der Waals surface area contributed by atoms with Crippen LogP contribution in [0.25, 0.3) is 0 Å². The summed E-state index contributed by atoms with van der Waals surface area (Å²) in [6.45, 7) is 2.76. The van der Waals surface area contributed by atoms with E-state index in [2.05, 4.69) is 22.9 Å². The number of carbonyl (C=O) groups excluding carboxylic acids is 1. The summed E-state index contributed by atoms with van der Waals surface area (Å²) in [6.07, 6.45) is 1.88. The van der Waals surface area contributed by atoms with Gasteiger partial charge in [-0.15, -0.1) is 0 Å². The Bertz CT molecular complexity index is 595. The van der Waals surface area contributed by atoms with Crippen molar-refractivity contribution in [3.63, 3.8) is 0 Å². The van der Waals surface area contributed by atoms with Gasteiger partial charge in [-0.25, -0.2) is 0 Å². The van der Waals surface area contributed by atoms with E-state index in [0.717, 1.165) is 28.4 Å². The summed E-state index contributed by atoms with van der Waals surface area (Å²) >= 11 is 3.43. The summed E-state index contributed by atoms with van der Waals surface area (Å²) in [6, 6.07) is 18.2. The minimum atomic E-state index is -0.0494. The van der Waals surface area contributed by atoms with Gasteiger partial charge in [0.2, 0.25) is 5.91 Å². The molecular weight excluding hydrogens is 338 g/mol. The molecule has 0 aliphatic heterocycles. The second-order valence-corrected chi connectivity index (χ2v) is 6.49. The minimum Gasteiger partial charge on any atom is -0.341 e. The molecule has 1 atom stereocenters. The van der Waals surface area contributed by atoms with E-state index in [-0.39, 0.29) is 11.8 Å². The average molecular weight is 360 g/mol. The van der Waals surface area contributed by atoms with Gasteiger partial charge >= 0.3 is 0 Å². The van der Waals surface area contributed by atoms with Crippen molar-refractivity contribution in [1.82, 2.24) is 4.90 Å². The molecule has 0 radical (unpaired) electrons. The molecule has 0 spiro atoms. The van der Waals surface area contributed by atoms with Crippen molar-refractivity contribution in [2.24, 2.45) is 0 Å². The van der Waals surface area contributed by atoms with Crippen molar-refractivity contribution in [3.8, 4) is 0 Å². The lowest BCUT2D eigenvalue weighted by Crippen LogP contribution is -2.31. The first kappa shape index (κ1) is 16.8. The third-order valence-electron chi connectivity index (χ3n) is 3.79. The van der Waals surface area contributed by atoms with Crippen LogP contribution in [0.3, 0.4) is 0 Å². The van der Waals surface area contributed by atoms with Gasteiger partial charge in [-0.1, -0.05) is 71.7 Å². The number of hydrogen-bond acceptors (Lipinski definition) is 1. The molecule has 2 nitrogen and oxygen atoms in total. The van der Waals surface area contributed by atoms with Gasteiger partial charge in [0, 0.05) is 18.1 Å². The Hall–Kier alpha value is -1.61. The van der Waals surface area contributed by atoms with Crippen molar-refractivity contribution in [2.75, 3.05) is 7.05 Å². The predicted octanol–water partition coefficient (Wildman–Crippen LogP) is 4.99. The van der Waals surface area contributed by atoms with E-state index in [4.69, 9.17) is 0 Å².